The van der Waals surface area contributed by atoms with E-state index in [1.54, 1.807) is 30.3 Å². The summed E-state index contributed by atoms with van der Waals surface area (Å²) < 4.78 is 6.00. The van der Waals surface area contributed by atoms with Crippen molar-refractivity contribution in [2.24, 2.45) is 16.8 Å². The van der Waals surface area contributed by atoms with Crippen molar-refractivity contribution in [3.63, 3.8) is 0 Å². The summed E-state index contributed by atoms with van der Waals surface area (Å²) in [6.45, 7) is 5.69. The maximum atomic E-state index is 13.1. The summed E-state index contributed by atoms with van der Waals surface area (Å²) in [5, 5.41) is 15.9. The van der Waals surface area contributed by atoms with Crippen LogP contribution in [0.4, 0.5) is 0 Å². The van der Waals surface area contributed by atoms with Crippen LogP contribution in [-0.4, -0.2) is 71.9 Å². The fraction of sp³-hybridized carbons (Fsp3) is 0.423. The number of halogens is 2. The molecule has 2 unspecified atom stereocenters. The minimum Gasteiger partial charge on any atom is -0.481 e. The molecule has 2 atom stereocenters. The minimum absolute atomic E-state index is 0. The molecule has 10 heteroatoms. The molecule has 0 radical (unpaired) electrons. The number of hydrogen-bond donors (Lipinski definition) is 2. The van der Waals surface area contributed by atoms with Gasteiger partial charge in [-0.05, 0) is 49.2 Å². The Morgan fingerprint density at radius 1 is 1.11 bits per heavy atom. The lowest BCUT2D eigenvalue weighted by atomic mass is 9.82. The molecule has 2 aromatic rings. The molecular formula is C26H34Cl2N4O4. The predicted molar refractivity (Wildman–Crippen MR) is 145 cm³/mol. The minimum atomic E-state index is -1.03. The zero-order valence-corrected chi connectivity index (χ0v) is 22.2. The molecule has 1 fully saturated rings. The first-order chi connectivity index (χ1) is 16.3. The lowest BCUT2D eigenvalue weighted by molar-refractivity contribution is -0.141. The van der Waals surface area contributed by atoms with E-state index in [1.807, 2.05) is 25.3 Å². The maximum absolute atomic E-state index is 13.1. The molecule has 0 amide bonds. The van der Waals surface area contributed by atoms with Crippen molar-refractivity contribution in [3.8, 4) is 5.75 Å². The average molecular weight is 537 g/mol. The van der Waals surface area contributed by atoms with Crippen LogP contribution >= 0.6 is 24.8 Å². The van der Waals surface area contributed by atoms with Crippen LogP contribution in [0.15, 0.2) is 47.6 Å². The number of hydrogen-bond acceptors (Lipinski definition) is 7. The summed E-state index contributed by atoms with van der Waals surface area (Å²) >= 11 is 0. The van der Waals surface area contributed by atoms with Gasteiger partial charge in [0.2, 0.25) is 0 Å². The highest BCUT2D eigenvalue weighted by Gasteiger charge is 2.41. The third-order valence-corrected chi connectivity index (χ3v) is 6.78. The first-order valence-corrected chi connectivity index (χ1v) is 11.7. The van der Waals surface area contributed by atoms with Gasteiger partial charge in [-0.1, -0.05) is 31.2 Å². The van der Waals surface area contributed by atoms with Crippen molar-refractivity contribution >= 4 is 42.8 Å². The van der Waals surface area contributed by atoms with Crippen molar-refractivity contribution < 1.29 is 19.4 Å². The van der Waals surface area contributed by atoms with Gasteiger partial charge in [0, 0.05) is 43.2 Å². The Hall–Kier alpha value is -2.65. The Labute approximate surface area is 224 Å². The number of ether oxygens (including phenoxy) is 1. The number of piperazine rings is 1. The van der Waals surface area contributed by atoms with E-state index < -0.39 is 11.7 Å². The zero-order valence-electron chi connectivity index (χ0n) is 20.6. The number of aliphatic carboxylic acids is 1. The van der Waals surface area contributed by atoms with Crippen molar-refractivity contribution in [3.05, 3.63) is 64.7 Å². The van der Waals surface area contributed by atoms with E-state index in [1.165, 1.54) is 0 Å². The van der Waals surface area contributed by atoms with E-state index in [-0.39, 0.29) is 42.9 Å². The van der Waals surface area contributed by atoms with E-state index in [0.717, 1.165) is 37.3 Å². The van der Waals surface area contributed by atoms with Gasteiger partial charge in [-0.2, -0.15) is 5.10 Å². The fourth-order valence-corrected chi connectivity index (χ4v) is 4.47. The number of benzene rings is 2. The molecule has 0 saturated carbocycles. The second-order valence-corrected chi connectivity index (χ2v) is 9.18. The second-order valence-electron chi connectivity index (χ2n) is 9.18. The first-order valence-electron chi connectivity index (χ1n) is 11.7. The smallest absolute Gasteiger partial charge is 0.303 e. The van der Waals surface area contributed by atoms with Crippen LogP contribution < -0.4 is 10.5 Å². The maximum Gasteiger partial charge on any atom is 0.303 e. The van der Waals surface area contributed by atoms with E-state index in [2.05, 4.69) is 22.1 Å². The van der Waals surface area contributed by atoms with Crippen LogP contribution in [0.3, 0.4) is 0 Å². The number of carboxylic acids is 1. The molecule has 8 nitrogen and oxygen atoms in total. The molecule has 0 spiro atoms. The molecule has 2 aliphatic rings. The largest absolute Gasteiger partial charge is 0.481 e. The number of carboxylic acid groups (broad SMARTS) is 1. The van der Waals surface area contributed by atoms with Crippen molar-refractivity contribution in [2.45, 2.75) is 31.9 Å². The van der Waals surface area contributed by atoms with Crippen molar-refractivity contribution in [1.82, 2.24) is 9.91 Å². The summed E-state index contributed by atoms with van der Waals surface area (Å²) in [5.41, 5.74) is 8.21. The first kappa shape index (κ1) is 29.6. The topological polar surface area (TPSA) is 108 Å². The zero-order chi connectivity index (χ0) is 24.3. The van der Waals surface area contributed by atoms with Gasteiger partial charge in [0.05, 0.1) is 12.6 Å². The summed E-state index contributed by atoms with van der Waals surface area (Å²) in [4.78, 5) is 26.7. The molecule has 36 heavy (non-hydrogen) atoms. The molecule has 4 rings (SSSR count). The third kappa shape index (κ3) is 6.76. The molecule has 0 bridgehead atoms. The molecule has 2 heterocycles. The Morgan fingerprint density at radius 2 is 1.75 bits per heavy atom. The Kier molecular flexibility index (Phi) is 10.3. The Bertz CT molecular complexity index is 1090. The van der Waals surface area contributed by atoms with E-state index >= 15 is 0 Å². The molecule has 0 aromatic heterocycles. The average Bonchev–Trinajstić information content (AvgIpc) is 2.83. The van der Waals surface area contributed by atoms with Crippen molar-refractivity contribution in [1.29, 1.82) is 0 Å². The monoisotopic (exact) mass is 536 g/mol. The Morgan fingerprint density at radius 3 is 2.36 bits per heavy atom. The van der Waals surface area contributed by atoms with Crippen LogP contribution in [0.2, 0.25) is 0 Å². The highest BCUT2D eigenvalue weighted by atomic mass is 35.5. The number of hydrazone groups is 1. The molecule has 1 saturated heterocycles. The van der Waals surface area contributed by atoms with Gasteiger partial charge in [0.1, 0.15) is 5.75 Å². The molecule has 2 aliphatic heterocycles. The fourth-order valence-electron chi connectivity index (χ4n) is 4.47. The van der Waals surface area contributed by atoms with E-state index in [4.69, 9.17) is 10.5 Å². The van der Waals surface area contributed by atoms with Gasteiger partial charge >= 0.3 is 5.97 Å². The van der Waals surface area contributed by atoms with Gasteiger partial charge in [0.25, 0.3) is 0 Å². The number of carbonyl (C=O) groups excluding carboxylic acids is 1. The summed E-state index contributed by atoms with van der Waals surface area (Å²) in [6.07, 6.45) is 2.69. The molecule has 2 aromatic carbocycles. The third-order valence-electron chi connectivity index (χ3n) is 6.78. The van der Waals surface area contributed by atoms with Gasteiger partial charge < -0.3 is 14.7 Å². The molecule has 0 aliphatic carbocycles. The van der Waals surface area contributed by atoms with Crippen LogP contribution in [-0.2, 0) is 11.2 Å². The second kappa shape index (κ2) is 12.5. The lowest BCUT2D eigenvalue weighted by Gasteiger charge is -2.41. The normalized spacial score (nSPS) is 21.6. The molecule has 3 N–H and O–H groups in total. The quantitative estimate of drug-likeness (QED) is 0.412. The number of fused-ring (bicyclic) bond motifs is 1. The summed E-state index contributed by atoms with van der Waals surface area (Å²) in [5.74, 6) is -0.770. The summed E-state index contributed by atoms with van der Waals surface area (Å²) in [7, 11) is 2.11. The van der Waals surface area contributed by atoms with Crippen LogP contribution in [0.1, 0.15) is 46.8 Å². The van der Waals surface area contributed by atoms with Gasteiger partial charge in [-0.3, -0.25) is 20.3 Å². The number of rotatable bonds is 7. The predicted octanol–water partition coefficient (Wildman–Crippen LogP) is 3.43. The SMILES string of the molecule is CCC1(N)Oc2ccc(C(=O)c3ccc(C=NN4CCN(C)CC4)cc3)cc2CC1CC(=O)O.Cl.Cl. The highest BCUT2D eigenvalue weighted by molar-refractivity contribution is 6.09. The van der Waals surface area contributed by atoms with Crippen LogP contribution in [0, 0.1) is 5.92 Å². The molecular weight excluding hydrogens is 503 g/mol. The number of likely N-dealkylation sites (N-methyl/N-ethyl adjacent to an activating group) is 1. The van der Waals surface area contributed by atoms with Crippen LogP contribution in [0.25, 0.3) is 0 Å². The lowest BCUT2D eigenvalue weighted by Crippen LogP contribution is -2.55. The highest BCUT2D eigenvalue weighted by Crippen LogP contribution is 2.38. The van der Waals surface area contributed by atoms with Crippen LogP contribution in [0.5, 0.6) is 5.75 Å². The standard InChI is InChI=1S/C26H32N4O4.2ClH/c1-3-26(27)22(16-24(31)32)15-21-14-20(8-9-23(21)34-26)25(33)19-6-4-18(5-7-19)17-28-30-12-10-29(2)11-13-30;;/h4-9,14,17,22H,3,10-13,15-16,27H2,1-2H3,(H,31,32);2*1H. The number of nitrogens with two attached hydrogens (primary N) is 1. The van der Waals surface area contributed by atoms with Gasteiger partial charge in [0.15, 0.2) is 11.5 Å². The van der Waals surface area contributed by atoms with Gasteiger partial charge in [-0.15, -0.1) is 24.8 Å². The number of ketones is 1. The van der Waals surface area contributed by atoms with E-state index in [0.29, 0.717) is 29.7 Å². The van der Waals surface area contributed by atoms with E-state index in [9.17, 15) is 14.7 Å². The molecule has 196 valence electrons. The summed E-state index contributed by atoms with van der Waals surface area (Å²) in [6, 6.07) is 12.7. The Balaban J connectivity index is 0.00000228. The number of nitrogens with zero attached hydrogens (tertiary/aromatic N) is 3. The van der Waals surface area contributed by atoms with Crippen molar-refractivity contribution in [2.75, 3.05) is 33.2 Å². The number of carbonyl (C=O) groups is 2. The van der Waals surface area contributed by atoms with Gasteiger partial charge in [-0.25, -0.2) is 0 Å².